The number of ether oxygens (including phenoxy) is 2. The molecule has 2 aromatic rings. The van der Waals surface area contributed by atoms with Crippen LogP contribution >= 0.6 is 0 Å². The van der Waals surface area contributed by atoms with E-state index in [1.807, 2.05) is 24.4 Å². The molecule has 0 radical (unpaired) electrons. The Morgan fingerprint density at radius 1 is 1.14 bits per heavy atom. The van der Waals surface area contributed by atoms with E-state index in [2.05, 4.69) is 10.3 Å². The van der Waals surface area contributed by atoms with Crippen molar-refractivity contribution in [3.8, 4) is 11.5 Å². The minimum absolute atomic E-state index is 0.199. The van der Waals surface area contributed by atoms with Crippen molar-refractivity contribution in [3.63, 3.8) is 0 Å². The van der Waals surface area contributed by atoms with E-state index in [9.17, 15) is 0 Å². The van der Waals surface area contributed by atoms with Crippen molar-refractivity contribution in [1.29, 1.82) is 0 Å². The van der Waals surface area contributed by atoms with Crippen LogP contribution in [0.1, 0.15) is 25.7 Å². The van der Waals surface area contributed by atoms with Crippen LogP contribution in [0.15, 0.2) is 24.4 Å². The van der Waals surface area contributed by atoms with Gasteiger partial charge in [0.2, 0.25) is 6.79 Å². The molecule has 3 N–H and O–H groups in total. The van der Waals surface area contributed by atoms with Crippen LogP contribution in [-0.4, -0.2) is 23.9 Å². The molecule has 1 fully saturated rings. The first-order valence-corrected chi connectivity index (χ1v) is 7.52. The van der Waals surface area contributed by atoms with Crippen molar-refractivity contribution in [3.05, 3.63) is 24.4 Å². The number of aromatic nitrogens is 1. The second-order valence-electron chi connectivity index (χ2n) is 5.79. The number of nitrogens with one attached hydrogen (secondary N) is 1. The molecule has 4 rings (SSSR count). The number of hydrogen-bond donors (Lipinski definition) is 2. The van der Waals surface area contributed by atoms with Gasteiger partial charge in [0.05, 0.1) is 0 Å². The van der Waals surface area contributed by atoms with Gasteiger partial charge >= 0.3 is 0 Å². The van der Waals surface area contributed by atoms with Crippen LogP contribution in [0.2, 0.25) is 0 Å². The average molecular weight is 285 g/mol. The third kappa shape index (κ3) is 2.27. The predicted octanol–water partition coefficient (Wildman–Crippen LogP) is 2.65. The standard InChI is InChI=1S/C16H19N3O2/c17-12-3-1-2-4-13(12)19-16-11-8-15-14(20-9-21-15)7-10(11)5-6-18-16/h5-8,12-13H,1-4,9,17H2,(H,18,19)/t12-,13-/m1/s1. The minimum atomic E-state index is 0.199. The van der Waals surface area contributed by atoms with Gasteiger partial charge in [-0.1, -0.05) is 12.8 Å². The molecule has 0 spiro atoms. The first-order chi connectivity index (χ1) is 10.3. The minimum Gasteiger partial charge on any atom is -0.454 e. The van der Waals surface area contributed by atoms with Crippen molar-refractivity contribution in [2.24, 2.45) is 5.73 Å². The molecule has 21 heavy (non-hydrogen) atoms. The summed E-state index contributed by atoms with van der Waals surface area (Å²) in [5.74, 6) is 2.47. The number of pyridine rings is 1. The van der Waals surface area contributed by atoms with Crippen LogP contribution in [-0.2, 0) is 0 Å². The maximum atomic E-state index is 6.23. The van der Waals surface area contributed by atoms with E-state index < -0.39 is 0 Å². The maximum Gasteiger partial charge on any atom is 0.231 e. The topological polar surface area (TPSA) is 69.4 Å². The summed E-state index contributed by atoms with van der Waals surface area (Å²) in [5, 5.41) is 5.69. The van der Waals surface area contributed by atoms with Gasteiger partial charge in [0.15, 0.2) is 11.5 Å². The summed E-state index contributed by atoms with van der Waals surface area (Å²) in [4.78, 5) is 4.50. The van der Waals surface area contributed by atoms with Gasteiger partial charge in [-0.15, -0.1) is 0 Å². The molecule has 1 aromatic carbocycles. The highest BCUT2D eigenvalue weighted by atomic mass is 16.7. The maximum absolute atomic E-state index is 6.23. The first-order valence-electron chi connectivity index (χ1n) is 7.52. The second-order valence-corrected chi connectivity index (χ2v) is 5.79. The summed E-state index contributed by atoms with van der Waals surface area (Å²) in [6.45, 7) is 0.287. The summed E-state index contributed by atoms with van der Waals surface area (Å²) in [5.41, 5.74) is 6.23. The lowest BCUT2D eigenvalue weighted by molar-refractivity contribution is 0.174. The number of fused-ring (bicyclic) bond motifs is 2. The molecule has 1 aromatic heterocycles. The van der Waals surface area contributed by atoms with Gasteiger partial charge in [0, 0.05) is 23.7 Å². The molecule has 0 bridgehead atoms. The molecule has 0 unspecified atom stereocenters. The number of rotatable bonds is 2. The van der Waals surface area contributed by atoms with E-state index in [0.717, 1.165) is 40.9 Å². The number of anilines is 1. The van der Waals surface area contributed by atoms with Crippen LogP contribution in [0, 0.1) is 0 Å². The van der Waals surface area contributed by atoms with Crippen LogP contribution in [0.3, 0.4) is 0 Å². The monoisotopic (exact) mass is 285 g/mol. The third-order valence-electron chi connectivity index (χ3n) is 4.40. The van der Waals surface area contributed by atoms with Crippen molar-refractivity contribution in [2.75, 3.05) is 12.1 Å². The Labute approximate surface area is 123 Å². The zero-order valence-electron chi connectivity index (χ0n) is 11.8. The largest absolute Gasteiger partial charge is 0.454 e. The van der Waals surface area contributed by atoms with Crippen molar-refractivity contribution >= 4 is 16.6 Å². The molecule has 5 nitrogen and oxygen atoms in total. The summed E-state index contributed by atoms with van der Waals surface area (Å²) in [6.07, 6.45) is 6.45. The summed E-state index contributed by atoms with van der Waals surface area (Å²) in [6, 6.07) is 6.49. The molecule has 1 aliphatic heterocycles. The van der Waals surface area contributed by atoms with E-state index in [1.165, 1.54) is 12.8 Å². The van der Waals surface area contributed by atoms with E-state index in [0.29, 0.717) is 6.04 Å². The molecule has 0 saturated heterocycles. The second kappa shape index (κ2) is 5.07. The fraction of sp³-hybridized carbons (Fsp3) is 0.438. The van der Waals surface area contributed by atoms with E-state index >= 15 is 0 Å². The SMILES string of the molecule is N[C@@H]1CCCC[C@H]1Nc1nccc2cc3c(cc12)OCO3. The Bertz CT molecular complexity index is 674. The highest BCUT2D eigenvalue weighted by Crippen LogP contribution is 2.38. The zero-order valence-corrected chi connectivity index (χ0v) is 11.8. The van der Waals surface area contributed by atoms with Crippen LogP contribution in [0.25, 0.3) is 10.8 Å². The molecule has 0 amide bonds. The smallest absolute Gasteiger partial charge is 0.231 e. The van der Waals surface area contributed by atoms with Crippen LogP contribution < -0.4 is 20.5 Å². The molecule has 110 valence electrons. The fourth-order valence-corrected chi connectivity index (χ4v) is 3.19. The molecule has 1 saturated carbocycles. The summed E-state index contributed by atoms with van der Waals surface area (Å²) >= 11 is 0. The molecule has 1 aliphatic carbocycles. The number of hydrogen-bond acceptors (Lipinski definition) is 5. The normalized spacial score (nSPS) is 24.2. The number of benzene rings is 1. The van der Waals surface area contributed by atoms with Gasteiger partial charge in [0.25, 0.3) is 0 Å². The lowest BCUT2D eigenvalue weighted by Crippen LogP contribution is -2.42. The van der Waals surface area contributed by atoms with E-state index in [-0.39, 0.29) is 12.8 Å². The van der Waals surface area contributed by atoms with Gasteiger partial charge in [-0.3, -0.25) is 0 Å². The van der Waals surface area contributed by atoms with Crippen molar-refractivity contribution in [1.82, 2.24) is 4.98 Å². The zero-order chi connectivity index (χ0) is 14.2. The third-order valence-corrected chi connectivity index (χ3v) is 4.40. The average Bonchev–Trinajstić information content (AvgIpc) is 2.95. The number of nitrogens with zero attached hydrogens (tertiary/aromatic N) is 1. The van der Waals surface area contributed by atoms with Crippen molar-refractivity contribution < 1.29 is 9.47 Å². The van der Waals surface area contributed by atoms with Crippen LogP contribution in [0.5, 0.6) is 11.5 Å². The van der Waals surface area contributed by atoms with Gasteiger partial charge in [0.1, 0.15) is 5.82 Å². The van der Waals surface area contributed by atoms with Gasteiger partial charge in [-0.2, -0.15) is 0 Å². The molecular formula is C16H19N3O2. The highest BCUT2D eigenvalue weighted by molar-refractivity contribution is 5.94. The first kappa shape index (κ1) is 12.7. The number of nitrogens with two attached hydrogens (primary N) is 1. The Kier molecular flexibility index (Phi) is 3.07. The van der Waals surface area contributed by atoms with Gasteiger partial charge in [-0.25, -0.2) is 4.98 Å². The Balaban J connectivity index is 1.71. The van der Waals surface area contributed by atoms with Crippen molar-refractivity contribution in [2.45, 2.75) is 37.8 Å². The Hall–Kier alpha value is -2.01. The predicted molar refractivity (Wildman–Crippen MR) is 81.7 cm³/mol. The fourth-order valence-electron chi connectivity index (χ4n) is 3.19. The molecule has 5 heteroatoms. The molecule has 2 aliphatic rings. The summed E-state index contributed by atoms with van der Waals surface area (Å²) in [7, 11) is 0. The molecule has 2 atom stereocenters. The van der Waals surface area contributed by atoms with Gasteiger partial charge in [-0.05, 0) is 36.4 Å². The Morgan fingerprint density at radius 3 is 2.81 bits per heavy atom. The lowest BCUT2D eigenvalue weighted by Gasteiger charge is -2.30. The van der Waals surface area contributed by atoms with E-state index in [4.69, 9.17) is 15.2 Å². The quantitative estimate of drug-likeness (QED) is 0.887. The van der Waals surface area contributed by atoms with E-state index in [1.54, 1.807) is 0 Å². The van der Waals surface area contributed by atoms with Crippen LogP contribution in [0.4, 0.5) is 5.82 Å². The van der Waals surface area contributed by atoms with Gasteiger partial charge < -0.3 is 20.5 Å². The highest BCUT2D eigenvalue weighted by Gasteiger charge is 2.23. The lowest BCUT2D eigenvalue weighted by atomic mass is 9.91. The summed E-state index contributed by atoms with van der Waals surface area (Å²) < 4.78 is 10.9. The molecular weight excluding hydrogens is 266 g/mol. The Morgan fingerprint density at radius 2 is 1.95 bits per heavy atom. The molecule has 2 heterocycles.